The van der Waals surface area contributed by atoms with E-state index in [0.717, 1.165) is 37.2 Å². The van der Waals surface area contributed by atoms with E-state index in [9.17, 15) is 4.79 Å². The molecule has 1 aromatic carbocycles. The Morgan fingerprint density at radius 1 is 1.13 bits per heavy atom. The van der Waals surface area contributed by atoms with Gasteiger partial charge in [-0.2, -0.15) is 0 Å². The zero-order valence-corrected chi connectivity index (χ0v) is 13.4. The Bertz CT molecular complexity index is 690. The molecule has 1 aliphatic heterocycles. The molecule has 6 nitrogen and oxygen atoms in total. The maximum atomic E-state index is 12.2. The van der Waals surface area contributed by atoms with E-state index < -0.39 is 0 Å². The fourth-order valence-electron chi connectivity index (χ4n) is 2.78. The largest absolute Gasteiger partial charge is 0.494 e. The third kappa shape index (κ3) is 3.88. The van der Waals surface area contributed by atoms with Crippen LogP contribution >= 0.6 is 0 Å². The average Bonchev–Trinajstić information content (AvgIpc) is 2.59. The zero-order valence-electron chi connectivity index (χ0n) is 13.4. The summed E-state index contributed by atoms with van der Waals surface area (Å²) in [6.45, 7) is 4.46. The monoisotopic (exact) mass is 314 g/mol. The number of hydrogen-bond donors (Lipinski definition) is 1. The van der Waals surface area contributed by atoms with Gasteiger partial charge in [0, 0.05) is 19.5 Å². The quantitative estimate of drug-likeness (QED) is 0.915. The van der Waals surface area contributed by atoms with Crippen molar-refractivity contribution in [1.29, 1.82) is 0 Å². The van der Waals surface area contributed by atoms with E-state index >= 15 is 0 Å². The van der Waals surface area contributed by atoms with Crippen molar-refractivity contribution >= 4 is 5.95 Å². The van der Waals surface area contributed by atoms with Crippen LogP contribution in [0.4, 0.5) is 5.95 Å². The molecule has 6 heteroatoms. The van der Waals surface area contributed by atoms with Crippen LogP contribution in [0.3, 0.4) is 0 Å². The van der Waals surface area contributed by atoms with Crippen LogP contribution in [0.25, 0.3) is 0 Å². The number of ether oxygens (including phenoxy) is 1. The Labute approximate surface area is 135 Å². The van der Waals surface area contributed by atoms with Crippen molar-refractivity contribution in [1.82, 2.24) is 15.2 Å². The number of aromatic amines is 1. The second-order valence-electron chi connectivity index (χ2n) is 5.73. The van der Waals surface area contributed by atoms with Crippen molar-refractivity contribution in [2.45, 2.75) is 32.6 Å². The Kier molecular flexibility index (Phi) is 4.90. The van der Waals surface area contributed by atoms with Gasteiger partial charge < -0.3 is 9.64 Å². The number of rotatable bonds is 5. The molecule has 1 saturated heterocycles. The Hall–Kier alpha value is -2.37. The molecule has 1 fully saturated rings. The van der Waals surface area contributed by atoms with Gasteiger partial charge in [-0.3, -0.25) is 9.78 Å². The summed E-state index contributed by atoms with van der Waals surface area (Å²) < 4.78 is 5.42. The Morgan fingerprint density at radius 2 is 1.87 bits per heavy atom. The molecule has 0 radical (unpaired) electrons. The van der Waals surface area contributed by atoms with Crippen LogP contribution in [0.5, 0.6) is 5.75 Å². The summed E-state index contributed by atoms with van der Waals surface area (Å²) in [5.41, 5.74) is 1.29. The van der Waals surface area contributed by atoms with E-state index in [2.05, 4.69) is 20.1 Å². The lowest BCUT2D eigenvalue weighted by molar-refractivity contribution is 0.340. The molecule has 0 spiro atoms. The normalized spacial score (nSPS) is 14.7. The van der Waals surface area contributed by atoms with Gasteiger partial charge in [-0.1, -0.05) is 12.1 Å². The molecule has 0 amide bonds. The standard InChI is InChI=1S/C17H22N4O2/c1-2-23-14-8-6-13(7-9-14)12-15-16(22)18-17(20-19-15)21-10-4-3-5-11-21/h6-9H,2-5,10-12H2,1H3,(H,18,20,22). The highest BCUT2D eigenvalue weighted by Gasteiger charge is 2.14. The topological polar surface area (TPSA) is 71.1 Å². The van der Waals surface area contributed by atoms with Gasteiger partial charge in [0.25, 0.3) is 5.56 Å². The van der Waals surface area contributed by atoms with Crippen LogP contribution in [0.1, 0.15) is 37.4 Å². The first kappa shape index (κ1) is 15.5. The van der Waals surface area contributed by atoms with Crippen LogP contribution in [0, 0.1) is 0 Å². The van der Waals surface area contributed by atoms with Gasteiger partial charge in [0.05, 0.1) is 6.61 Å². The molecule has 1 aromatic heterocycles. The van der Waals surface area contributed by atoms with Gasteiger partial charge in [0.1, 0.15) is 11.4 Å². The van der Waals surface area contributed by atoms with Gasteiger partial charge in [0.2, 0.25) is 5.95 Å². The Morgan fingerprint density at radius 3 is 2.52 bits per heavy atom. The number of hydrogen-bond acceptors (Lipinski definition) is 5. The van der Waals surface area contributed by atoms with Crippen LogP contribution in [0.2, 0.25) is 0 Å². The second kappa shape index (κ2) is 7.26. The maximum absolute atomic E-state index is 12.2. The Balaban J connectivity index is 1.71. The minimum absolute atomic E-state index is 0.158. The first-order valence-corrected chi connectivity index (χ1v) is 8.19. The zero-order chi connectivity index (χ0) is 16.1. The third-order valence-corrected chi connectivity index (χ3v) is 4.01. The summed E-state index contributed by atoms with van der Waals surface area (Å²) in [5, 5.41) is 8.34. The fourth-order valence-corrected chi connectivity index (χ4v) is 2.78. The average molecular weight is 314 g/mol. The summed E-state index contributed by atoms with van der Waals surface area (Å²) in [7, 11) is 0. The fraction of sp³-hybridized carbons (Fsp3) is 0.471. The molecule has 0 atom stereocenters. The molecule has 2 aromatic rings. The van der Waals surface area contributed by atoms with Crippen molar-refractivity contribution in [3.05, 3.63) is 45.9 Å². The number of benzene rings is 1. The molecule has 23 heavy (non-hydrogen) atoms. The van der Waals surface area contributed by atoms with Crippen molar-refractivity contribution in [2.75, 3.05) is 24.6 Å². The SMILES string of the molecule is CCOc1ccc(Cc2nnc(N3CCCCC3)[nH]c2=O)cc1. The second-order valence-corrected chi connectivity index (χ2v) is 5.73. The number of aromatic nitrogens is 3. The minimum Gasteiger partial charge on any atom is -0.494 e. The number of anilines is 1. The van der Waals surface area contributed by atoms with E-state index in [1.54, 1.807) is 0 Å². The molecule has 0 aliphatic carbocycles. The highest BCUT2D eigenvalue weighted by molar-refractivity contribution is 5.31. The molecule has 0 unspecified atom stereocenters. The summed E-state index contributed by atoms with van der Waals surface area (Å²) in [4.78, 5) is 17.2. The predicted molar refractivity (Wildman–Crippen MR) is 89.1 cm³/mol. The number of nitrogens with zero attached hydrogens (tertiary/aromatic N) is 3. The summed E-state index contributed by atoms with van der Waals surface area (Å²) in [5.74, 6) is 1.42. The number of piperidine rings is 1. The summed E-state index contributed by atoms with van der Waals surface area (Å²) in [6.07, 6.45) is 3.98. The number of nitrogens with one attached hydrogen (secondary N) is 1. The smallest absolute Gasteiger partial charge is 0.274 e. The van der Waals surface area contributed by atoms with Crippen molar-refractivity contribution in [3.8, 4) is 5.75 Å². The molecular formula is C17H22N4O2. The van der Waals surface area contributed by atoms with Crippen LogP contribution in [-0.2, 0) is 6.42 Å². The highest BCUT2D eigenvalue weighted by atomic mass is 16.5. The van der Waals surface area contributed by atoms with E-state index in [-0.39, 0.29) is 5.56 Å². The van der Waals surface area contributed by atoms with Gasteiger partial charge in [-0.05, 0) is 43.9 Å². The molecule has 2 heterocycles. The lowest BCUT2D eigenvalue weighted by Crippen LogP contribution is -2.33. The van der Waals surface area contributed by atoms with E-state index in [1.165, 1.54) is 6.42 Å². The van der Waals surface area contributed by atoms with Crippen molar-refractivity contribution in [2.24, 2.45) is 0 Å². The van der Waals surface area contributed by atoms with Crippen LogP contribution in [0.15, 0.2) is 29.1 Å². The lowest BCUT2D eigenvalue weighted by atomic mass is 10.1. The van der Waals surface area contributed by atoms with Crippen molar-refractivity contribution < 1.29 is 4.74 Å². The molecule has 122 valence electrons. The molecule has 1 N–H and O–H groups in total. The third-order valence-electron chi connectivity index (χ3n) is 4.01. The summed E-state index contributed by atoms with van der Waals surface area (Å²) >= 11 is 0. The molecule has 1 aliphatic rings. The van der Waals surface area contributed by atoms with E-state index in [4.69, 9.17) is 4.74 Å². The maximum Gasteiger partial charge on any atom is 0.274 e. The number of H-pyrrole nitrogens is 1. The van der Waals surface area contributed by atoms with Gasteiger partial charge >= 0.3 is 0 Å². The van der Waals surface area contributed by atoms with E-state index in [1.807, 2.05) is 31.2 Å². The van der Waals surface area contributed by atoms with Gasteiger partial charge in [0.15, 0.2) is 0 Å². The highest BCUT2D eigenvalue weighted by Crippen LogP contribution is 2.15. The molecular weight excluding hydrogens is 292 g/mol. The molecule has 0 bridgehead atoms. The summed E-state index contributed by atoms with van der Waals surface area (Å²) in [6, 6.07) is 7.71. The first-order chi connectivity index (χ1) is 11.3. The van der Waals surface area contributed by atoms with E-state index in [0.29, 0.717) is 24.7 Å². The van der Waals surface area contributed by atoms with Gasteiger partial charge in [-0.15, -0.1) is 10.2 Å². The van der Waals surface area contributed by atoms with Crippen LogP contribution < -0.4 is 15.2 Å². The lowest BCUT2D eigenvalue weighted by Gasteiger charge is -2.26. The first-order valence-electron chi connectivity index (χ1n) is 8.19. The predicted octanol–water partition coefficient (Wildman–Crippen LogP) is 2.14. The van der Waals surface area contributed by atoms with Gasteiger partial charge in [-0.25, -0.2) is 0 Å². The van der Waals surface area contributed by atoms with Crippen molar-refractivity contribution in [3.63, 3.8) is 0 Å². The van der Waals surface area contributed by atoms with Crippen LogP contribution in [-0.4, -0.2) is 34.9 Å². The minimum atomic E-state index is -0.158. The molecule has 0 saturated carbocycles. The molecule has 3 rings (SSSR count).